The van der Waals surface area contributed by atoms with E-state index >= 15 is 0 Å². The minimum atomic E-state index is 0.136. The Hall–Kier alpha value is -1.18. The summed E-state index contributed by atoms with van der Waals surface area (Å²) >= 11 is 0. The Labute approximate surface area is 98.5 Å². The van der Waals surface area contributed by atoms with Crippen molar-refractivity contribution in [2.45, 2.75) is 51.9 Å². The minimum absolute atomic E-state index is 0.136. The molecular weight excluding hydrogens is 198 g/mol. The molecule has 0 atom stereocenters. The topological polar surface area (TPSA) is 46.2 Å². The van der Waals surface area contributed by atoms with E-state index in [-0.39, 0.29) is 11.2 Å². The van der Waals surface area contributed by atoms with Crippen LogP contribution in [-0.2, 0) is 5.41 Å². The van der Waals surface area contributed by atoms with E-state index < -0.39 is 0 Å². The SMILES string of the molecule is CCCCCC(C)(C)c1ccc(O)c(N)c1. The van der Waals surface area contributed by atoms with E-state index in [0.29, 0.717) is 5.69 Å². The molecule has 16 heavy (non-hydrogen) atoms. The number of anilines is 1. The zero-order valence-corrected chi connectivity index (χ0v) is 10.6. The molecule has 0 heterocycles. The summed E-state index contributed by atoms with van der Waals surface area (Å²) in [4.78, 5) is 0. The third-order valence-electron chi connectivity index (χ3n) is 3.21. The van der Waals surface area contributed by atoms with Gasteiger partial charge in [-0.1, -0.05) is 46.1 Å². The van der Waals surface area contributed by atoms with Gasteiger partial charge in [-0.05, 0) is 29.5 Å². The maximum absolute atomic E-state index is 9.40. The largest absolute Gasteiger partial charge is 0.506 e. The number of nitrogen functional groups attached to an aromatic ring is 1. The lowest BCUT2D eigenvalue weighted by Crippen LogP contribution is -2.17. The number of benzene rings is 1. The first-order valence-corrected chi connectivity index (χ1v) is 6.06. The lowest BCUT2D eigenvalue weighted by Gasteiger charge is -2.25. The Morgan fingerprint density at radius 2 is 1.94 bits per heavy atom. The van der Waals surface area contributed by atoms with Gasteiger partial charge in [-0.2, -0.15) is 0 Å². The molecule has 0 spiro atoms. The van der Waals surface area contributed by atoms with Crippen LogP contribution in [0.5, 0.6) is 5.75 Å². The average Bonchev–Trinajstić information content (AvgIpc) is 2.22. The van der Waals surface area contributed by atoms with Gasteiger partial charge in [0.15, 0.2) is 0 Å². The molecule has 2 heteroatoms. The molecule has 1 rings (SSSR count). The second-order valence-corrected chi connectivity index (χ2v) is 5.11. The normalized spacial score (nSPS) is 11.7. The Bertz CT molecular complexity index is 345. The van der Waals surface area contributed by atoms with Crippen molar-refractivity contribution in [2.75, 3.05) is 5.73 Å². The molecule has 0 unspecified atom stereocenters. The van der Waals surface area contributed by atoms with Gasteiger partial charge in [-0.15, -0.1) is 0 Å². The monoisotopic (exact) mass is 221 g/mol. The van der Waals surface area contributed by atoms with E-state index in [2.05, 4.69) is 20.8 Å². The van der Waals surface area contributed by atoms with Gasteiger partial charge < -0.3 is 10.8 Å². The summed E-state index contributed by atoms with van der Waals surface area (Å²) in [7, 11) is 0. The summed E-state index contributed by atoms with van der Waals surface area (Å²) in [6, 6.07) is 5.55. The fourth-order valence-corrected chi connectivity index (χ4v) is 1.94. The van der Waals surface area contributed by atoms with Crippen LogP contribution in [0.3, 0.4) is 0 Å². The molecule has 3 N–H and O–H groups in total. The number of aromatic hydroxyl groups is 1. The quantitative estimate of drug-likeness (QED) is 0.451. The van der Waals surface area contributed by atoms with Crippen molar-refractivity contribution >= 4 is 5.69 Å². The average molecular weight is 221 g/mol. The van der Waals surface area contributed by atoms with Crippen molar-refractivity contribution in [1.29, 1.82) is 0 Å². The summed E-state index contributed by atoms with van der Waals surface area (Å²) in [5, 5.41) is 9.40. The molecule has 0 bridgehead atoms. The van der Waals surface area contributed by atoms with E-state index in [1.165, 1.54) is 24.8 Å². The molecule has 2 nitrogen and oxygen atoms in total. The summed E-state index contributed by atoms with van der Waals surface area (Å²) in [6.45, 7) is 6.68. The summed E-state index contributed by atoms with van der Waals surface area (Å²) in [6.07, 6.45) is 4.92. The number of hydrogen-bond donors (Lipinski definition) is 2. The van der Waals surface area contributed by atoms with E-state index in [4.69, 9.17) is 5.73 Å². The van der Waals surface area contributed by atoms with Crippen LogP contribution in [0.2, 0.25) is 0 Å². The first-order chi connectivity index (χ1) is 7.47. The smallest absolute Gasteiger partial charge is 0.138 e. The van der Waals surface area contributed by atoms with Crippen LogP contribution in [0.4, 0.5) is 5.69 Å². The number of hydrogen-bond acceptors (Lipinski definition) is 2. The summed E-state index contributed by atoms with van der Waals surface area (Å²) < 4.78 is 0. The van der Waals surface area contributed by atoms with Crippen molar-refractivity contribution in [1.82, 2.24) is 0 Å². The molecule has 90 valence electrons. The molecule has 0 aromatic heterocycles. The molecule has 0 amide bonds. The second-order valence-electron chi connectivity index (χ2n) is 5.11. The fourth-order valence-electron chi connectivity index (χ4n) is 1.94. The third kappa shape index (κ3) is 3.16. The van der Waals surface area contributed by atoms with Crippen LogP contribution in [0.15, 0.2) is 18.2 Å². The number of rotatable bonds is 5. The van der Waals surface area contributed by atoms with Gasteiger partial charge in [0.25, 0.3) is 0 Å². The van der Waals surface area contributed by atoms with Crippen LogP contribution in [-0.4, -0.2) is 5.11 Å². The number of unbranched alkanes of at least 4 members (excludes halogenated alkanes) is 2. The molecule has 1 aromatic rings. The Kier molecular flexibility index (Phi) is 4.22. The lowest BCUT2D eigenvalue weighted by molar-refractivity contribution is 0.447. The van der Waals surface area contributed by atoms with Crippen molar-refractivity contribution < 1.29 is 5.11 Å². The van der Waals surface area contributed by atoms with Crippen molar-refractivity contribution in [3.63, 3.8) is 0 Å². The molecule has 0 saturated heterocycles. The predicted molar refractivity (Wildman–Crippen MR) is 69.7 cm³/mol. The van der Waals surface area contributed by atoms with Gasteiger partial charge in [0.1, 0.15) is 5.75 Å². The molecule has 0 aliphatic carbocycles. The fraction of sp³-hybridized carbons (Fsp3) is 0.571. The molecule has 0 aliphatic rings. The molecule has 0 aliphatic heterocycles. The summed E-state index contributed by atoms with van der Waals surface area (Å²) in [5.74, 6) is 0.174. The highest BCUT2D eigenvalue weighted by molar-refractivity contribution is 5.54. The minimum Gasteiger partial charge on any atom is -0.506 e. The molecule has 0 saturated carbocycles. The third-order valence-corrected chi connectivity index (χ3v) is 3.21. The van der Waals surface area contributed by atoms with Gasteiger partial charge in [-0.3, -0.25) is 0 Å². The van der Waals surface area contributed by atoms with Crippen molar-refractivity contribution in [3.8, 4) is 5.75 Å². The first-order valence-electron chi connectivity index (χ1n) is 6.06. The molecule has 1 aromatic carbocycles. The van der Waals surface area contributed by atoms with E-state index in [0.717, 1.165) is 6.42 Å². The second kappa shape index (κ2) is 5.24. The van der Waals surface area contributed by atoms with Crippen molar-refractivity contribution in [2.24, 2.45) is 0 Å². The van der Waals surface area contributed by atoms with E-state index in [1.807, 2.05) is 12.1 Å². The van der Waals surface area contributed by atoms with Gasteiger partial charge in [0, 0.05) is 0 Å². The Balaban J connectivity index is 2.76. The van der Waals surface area contributed by atoms with Crippen LogP contribution >= 0.6 is 0 Å². The van der Waals surface area contributed by atoms with Crippen LogP contribution in [0.1, 0.15) is 52.0 Å². The van der Waals surface area contributed by atoms with E-state index in [1.54, 1.807) is 6.07 Å². The number of phenols is 1. The highest BCUT2D eigenvalue weighted by Crippen LogP contribution is 2.32. The van der Waals surface area contributed by atoms with Gasteiger partial charge >= 0.3 is 0 Å². The Morgan fingerprint density at radius 3 is 2.50 bits per heavy atom. The number of phenolic OH excluding ortho intramolecular Hbond substituents is 1. The zero-order valence-electron chi connectivity index (χ0n) is 10.6. The van der Waals surface area contributed by atoms with Crippen LogP contribution < -0.4 is 5.73 Å². The maximum Gasteiger partial charge on any atom is 0.138 e. The van der Waals surface area contributed by atoms with Gasteiger partial charge in [0.05, 0.1) is 5.69 Å². The highest BCUT2D eigenvalue weighted by Gasteiger charge is 2.20. The molecule has 0 fully saturated rings. The van der Waals surface area contributed by atoms with Gasteiger partial charge in [0.2, 0.25) is 0 Å². The van der Waals surface area contributed by atoms with Crippen LogP contribution in [0, 0.1) is 0 Å². The molecule has 0 radical (unpaired) electrons. The van der Waals surface area contributed by atoms with Crippen LogP contribution in [0.25, 0.3) is 0 Å². The number of nitrogens with two attached hydrogens (primary N) is 1. The molecular formula is C14H23NO. The standard InChI is InChI=1S/C14H23NO/c1-4-5-6-9-14(2,3)11-7-8-13(16)12(15)10-11/h7-8,10,16H,4-6,9,15H2,1-3H3. The maximum atomic E-state index is 9.40. The predicted octanol–water partition coefficient (Wildman–Crippen LogP) is 3.83. The van der Waals surface area contributed by atoms with E-state index in [9.17, 15) is 5.11 Å². The van der Waals surface area contributed by atoms with Gasteiger partial charge in [-0.25, -0.2) is 0 Å². The zero-order chi connectivity index (χ0) is 12.2. The highest BCUT2D eigenvalue weighted by atomic mass is 16.3. The lowest BCUT2D eigenvalue weighted by atomic mass is 9.80. The Morgan fingerprint density at radius 1 is 1.25 bits per heavy atom. The summed E-state index contributed by atoms with van der Waals surface area (Å²) in [5.41, 5.74) is 7.54. The first kappa shape index (κ1) is 12.9. The van der Waals surface area contributed by atoms with Crippen molar-refractivity contribution in [3.05, 3.63) is 23.8 Å².